The van der Waals surface area contributed by atoms with Gasteiger partial charge in [0.05, 0.1) is 27.5 Å². The van der Waals surface area contributed by atoms with Crippen LogP contribution < -0.4 is 0 Å². The van der Waals surface area contributed by atoms with Gasteiger partial charge in [-0.2, -0.15) is 16.9 Å². The Labute approximate surface area is 127 Å². The van der Waals surface area contributed by atoms with Crippen LogP contribution in [0.4, 0.5) is 0 Å². The Morgan fingerprint density at radius 1 is 1.37 bits per heavy atom. The van der Waals surface area contributed by atoms with Gasteiger partial charge in [-0.3, -0.25) is 4.68 Å². The van der Waals surface area contributed by atoms with Gasteiger partial charge >= 0.3 is 0 Å². The molecule has 106 valence electrons. The lowest BCUT2D eigenvalue weighted by atomic mass is 9.85. The van der Waals surface area contributed by atoms with Crippen LogP contribution in [0.15, 0.2) is 4.47 Å². The molecular weight excluding hydrogens is 324 g/mol. The zero-order valence-corrected chi connectivity index (χ0v) is 14.0. The fourth-order valence-corrected chi connectivity index (χ4v) is 4.80. The van der Waals surface area contributed by atoms with Crippen LogP contribution in [0, 0.1) is 13.8 Å². The van der Waals surface area contributed by atoms with E-state index in [4.69, 9.17) is 9.84 Å². The fraction of sp³-hybridized carbons (Fsp3) is 0.786. The highest BCUT2D eigenvalue weighted by Crippen LogP contribution is 2.42. The molecule has 1 spiro atoms. The van der Waals surface area contributed by atoms with Crippen molar-refractivity contribution < 1.29 is 4.74 Å². The first-order chi connectivity index (χ1) is 9.11. The summed E-state index contributed by atoms with van der Waals surface area (Å²) in [5.74, 6) is 2.49. The smallest absolute Gasteiger partial charge is 0.0738 e. The number of aryl methyl sites for hydroxylation is 1. The molecule has 0 bridgehead atoms. The first kappa shape index (κ1) is 14.0. The summed E-state index contributed by atoms with van der Waals surface area (Å²) in [5.41, 5.74) is 2.48. The number of hydrogen-bond acceptors (Lipinski definition) is 3. The van der Waals surface area contributed by atoms with E-state index in [1.807, 2.05) is 0 Å². The number of hydrogen-bond donors (Lipinski definition) is 0. The Bertz CT molecular complexity index is 463. The lowest BCUT2D eigenvalue weighted by Crippen LogP contribution is -2.43. The molecule has 3 rings (SSSR count). The minimum atomic E-state index is 0.132. The second-order valence-corrected chi connectivity index (χ2v) is 7.74. The highest BCUT2D eigenvalue weighted by atomic mass is 79.9. The van der Waals surface area contributed by atoms with E-state index in [2.05, 4.69) is 46.2 Å². The summed E-state index contributed by atoms with van der Waals surface area (Å²) in [7, 11) is 0. The third-order valence-electron chi connectivity index (χ3n) is 4.45. The molecule has 0 amide bonds. The molecule has 1 aromatic rings. The average Bonchev–Trinajstić information content (AvgIpc) is 2.68. The highest BCUT2D eigenvalue weighted by Gasteiger charge is 2.40. The van der Waals surface area contributed by atoms with E-state index in [1.54, 1.807) is 0 Å². The lowest BCUT2D eigenvalue weighted by molar-refractivity contribution is -0.100. The van der Waals surface area contributed by atoms with Crippen LogP contribution in [-0.4, -0.2) is 33.5 Å². The van der Waals surface area contributed by atoms with Gasteiger partial charge in [-0.25, -0.2) is 0 Å². The van der Waals surface area contributed by atoms with E-state index in [0.717, 1.165) is 29.6 Å². The van der Waals surface area contributed by atoms with Crippen molar-refractivity contribution in [2.24, 2.45) is 0 Å². The van der Waals surface area contributed by atoms with Gasteiger partial charge in [0.1, 0.15) is 0 Å². The Hall–Kier alpha value is -0.000000000000000111. The highest BCUT2D eigenvalue weighted by molar-refractivity contribution is 9.10. The topological polar surface area (TPSA) is 27.1 Å². The molecule has 0 saturated carbocycles. The molecule has 2 saturated heterocycles. The quantitative estimate of drug-likeness (QED) is 0.773. The second-order valence-electron chi connectivity index (χ2n) is 5.72. The number of nitrogens with zero attached hydrogens (tertiary/aromatic N) is 2. The van der Waals surface area contributed by atoms with Crippen LogP contribution in [0.2, 0.25) is 0 Å². The van der Waals surface area contributed by atoms with Gasteiger partial charge in [0.15, 0.2) is 0 Å². The summed E-state index contributed by atoms with van der Waals surface area (Å²) >= 11 is 5.70. The third-order valence-corrected chi connectivity index (χ3v) is 6.59. The molecule has 3 heterocycles. The maximum absolute atomic E-state index is 6.17. The van der Waals surface area contributed by atoms with Crippen molar-refractivity contribution in [1.29, 1.82) is 0 Å². The largest absolute Gasteiger partial charge is 0.375 e. The number of ether oxygens (including phenoxy) is 1. The molecule has 0 radical (unpaired) electrons. The summed E-state index contributed by atoms with van der Waals surface area (Å²) in [5, 5.41) is 4.72. The zero-order chi connectivity index (χ0) is 13.5. The number of aromatic nitrogens is 2. The van der Waals surface area contributed by atoms with Crippen LogP contribution in [0.1, 0.15) is 43.1 Å². The summed E-state index contributed by atoms with van der Waals surface area (Å²) in [6, 6.07) is 0.502. The first-order valence-electron chi connectivity index (χ1n) is 7.04. The molecule has 19 heavy (non-hydrogen) atoms. The van der Waals surface area contributed by atoms with E-state index >= 15 is 0 Å². The predicted molar refractivity (Wildman–Crippen MR) is 82.9 cm³/mol. The lowest BCUT2D eigenvalue weighted by Gasteiger charge is -2.43. The summed E-state index contributed by atoms with van der Waals surface area (Å²) < 4.78 is 9.56. The van der Waals surface area contributed by atoms with Crippen LogP contribution >= 0.6 is 27.7 Å². The van der Waals surface area contributed by atoms with Crippen molar-refractivity contribution in [3.05, 3.63) is 15.9 Å². The van der Waals surface area contributed by atoms with Crippen molar-refractivity contribution in [3.63, 3.8) is 0 Å². The van der Waals surface area contributed by atoms with Crippen molar-refractivity contribution in [3.8, 4) is 0 Å². The van der Waals surface area contributed by atoms with Gasteiger partial charge in [0, 0.05) is 6.61 Å². The van der Waals surface area contributed by atoms with E-state index < -0.39 is 0 Å². The van der Waals surface area contributed by atoms with Crippen LogP contribution in [0.5, 0.6) is 0 Å². The minimum absolute atomic E-state index is 0.132. The molecule has 5 heteroatoms. The molecule has 3 nitrogen and oxygen atoms in total. The molecule has 1 atom stereocenters. The molecule has 0 aliphatic carbocycles. The molecule has 2 fully saturated rings. The van der Waals surface area contributed by atoms with E-state index in [9.17, 15) is 0 Å². The van der Waals surface area contributed by atoms with E-state index in [0.29, 0.717) is 6.04 Å². The maximum atomic E-state index is 6.17. The van der Waals surface area contributed by atoms with Gasteiger partial charge in [-0.15, -0.1) is 0 Å². The first-order valence-corrected chi connectivity index (χ1v) is 8.99. The van der Waals surface area contributed by atoms with Gasteiger partial charge in [-0.1, -0.05) is 0 Å². The molecular formula is C14H21BrN2OS. The molecule has 1 aromatic heterocycles. The second kappa shape index (κ2) is 5.41. The Morgan fingerprint density at radius 2 is 2.11 bits per heavy atom. The molecule has 2 aliphatic rings. The van der Waals surface area contributed by atoms with E-state index in [-0.39, 0.29) is 5.60 Å². The van der Waals surface area contributed by atoms with Gasteiger partial charge in [-0.05, 0) is 67.0 Å². The van der Waals surface area contributed by atoms with Gasteiger partial charge in [0.25, 0.3) is 0 Å². The van der Waals surface area contributed by atoms with Crippen LogP contribution in [-0.2, 0) is 4.74 Å². The van der Waals surface area contributed by atoms with Crippen molar-refractivity contribution in [1.82, 2.24) is 9.78 Å². The number of halogens is 1. The van der Waals surface area contributed by atoms with Crippen LogP contribution in [0.3, 0.4) is 0 Å². The van der Waals surface area contributed by atoms with Crippen molar-refractivity contribution in [2.75, 3.05) is 18.1 Å². The SMILES string of the molecule is Cc1nn(C2CCOC3(CCSCC3)C2)c(C)c1Br. The summed E-state index contributed by atoms with van der Waals surface area (Å²) in [4.78, 5) is 0. The monoisotopic (exact) mass is 344 g/mol. The maximum Gasteiger partial charge on any atom is 0.0738 e. The fourth-order valence-electron chi connectivity index (χ4n) is 3.30. The van der Waals surface area contributed by atoms with Crippen molar-refractivity contribution >= 4 is 27.7 Å². The van der Waals surface area contributed by atoms with Gasteiger partial charge < -0.3 is 4.74 Å². The molecule has 1 unspecified atom stereocenters. The molecule has 0 N–H and O–H groups in total. The molecule has 2 aliphatic heterocycles. The van der Waals surface area contributed by atoms with Crippen LogP contribution in [0.25, 0.3) is 0 Å². The standard InChI is InChI=1S/C14H21BrN2OS/c1-10-13(15)11(2)17(16-10)12-3-6-18-14(9-12)4-7-19-8-5-14/h12H,3-9H2,1-2H3. The predicted octanol–water partition coefficient (Wildman–Crippen LogP) is 3.88. The van der Waals surface area contributed by atoms with Crippen molar-refractivity contribution in [2.45, 2.75) is 51.2 Å². The number of thioether (sulfide) groups is 1. The normalized spacial score (nSPS) is 26.8. The minimum Gasteiger partial charge on any atom is -0.375 e. The third kappa shape index (κ3) is 2.61. The Kier molecular flexibility index (Phi) is 3.98. The zero-order valence-electron chi connectivity index (χ0n) is 11.6. The molecule has 0 aromatic carbocycles. The Morgan fingerprint density at radius 3 is 2.74 bits per heavy atom. The van der Waals surface area contributed by atoms with Gasteiger partial charge in [0.2, 0.25) is 0 Å². The van der Waals surface area contributed by atoms with E-state index in [1.165, 1.54) is 30.0 Å². The number of rotatable bonds is 1. The summed E-state index contributed by atoms with van der Waals surface area (Å²) in [6.07, 6.45) is 4.62. The average molecular weight is 345 g/mol. The Balaban J connectivity index is 1.83. The summed E-state index contributed by atoms with van der Waals surface area (Å²) in [6.45, 7) is 5.11.